The minimum atomic E-state index is -0.786. The van der Waals surface area contributed by atoms with Crippen LogP contribution in [0.15, 0.2) is 46.0 Å². The molecular formula is C17H15BrClN3O4. The van der Waals surface area contributed by atoms with Gasteiger partial charge in [-0.1, -0.05) is 23.7 Å². The molecular weight excluding hydrogens is 426 g/mol. The summed E-state index contributed by atoms with van der Waals surface area (Å²) in [7, 11) is 0. The number of ether oxygens (including phenoxy) is 1. The second-order valence-corrected chi connectivity index (χ2v) is 6.66. The molecule has 0 bridgehead atoms. The van der Waals surface area contributed by atoms with Crippen LogP contribution in [0, 0.1) is 17.0 Å². The SMILES string of the molecule is Cc1ccc(O[C@@H](C)C(=O)N/N=C/c2ccc(Cl)c([N+](=O)[O-])c2)c(Br)c1. The molecule has 1 N–H and O–H groups in total. The van der Waals surface area contributed by atoms with Crippen LogP contribution in [-0.4, -0.2) is 23.1 Å². The summed E-state index contributed by atoms with van der Waals surface area (Å²) in [6.07, 6.45) is 0.501. The van der Waals surface area contributed by atoms with E-state index >= 15 is 0 Å². The van der Waals surface area contributed by atoms with Gasteiger partial charge in [-0.15, -0.1) is 0 Å². The third kappa shape index (κ3) is 5.27. The summed E-state index contributed by atoms with van der Waals surface area (Å²) in [4.78, 5) is 22.3. The van der Waals surface area contributed by atoms with Crippen molar-refractivity contribution in [2.24, 2.45) is 5.10 Å². The summed E-state index contributed by atoms with van der Waals surface area (Å²) in [5, 5.41) is 14.7. The molecule has 0 saturated carbocycles. The van der Waals surface area contributed by atoms with Crippen molar-refractivity contribution in [2.75, 3.05) is 0 Å². The van der Waals surface area contributed by atoms with Crippen molar-refractivity contribution >= 4 is 45.3 Å². The Labute approximate surface area is 163 Å². The Hall–Kier alpha value is -2.45. The fourth-order valence-electron chi connectivity index (χ4n) is 1.96. The number of halogens is 2. The average Bonchev–Trinajstić information content (AvgIpc) is 2.58. The van der Waals surface area contributed by atoms with Gasteiger partial charge in [-0.05, 0) is 53.5 Å². The van der Waals surface area contributed by atoms with E-state index in [2.05, 4.69) is 26.5 Å². The zero-order valence-corrected chi connectivity index (χ0v) is 16.2. The summed E-state index contributed by atoms with van der Waals surface area (Å²) < 4.78 is 6.34. The average molecular weight is 441 g/mol. The Balaban J connectivity index is 1.98. The van der Waals surface area contributed by atoms with Gasteiger partial charge in [-0.25, -0.2) is 5.43 Å². The highest BCUT2D eigenvalue weighted by Gasteiger charge is 2.16. The first-order valence-electron chi connectivity index (χ1n) is 7.47. The Morgan fingerprint density at radius 2 is 2.12 bits per heavy atom. The van der Waals surface area contributed by atoms with Crippen molar-refractivity contribution in [1.82, 2.24) is 5.43 Å². The molecule has 0 aliphatic carbocycles. The molecule has 0 heterocycles. The van der Waals surface area contributed by atoms with Crippen molar-refractivity contribution in [3.63, 3.8) is 0 Å². The topological polar surface area (TPSA) is 93.8 Å². The minimum absolute atomic E-state index is 0.0295. The summed E-state index contributed by atoms with van der Waals surface area (Å²) in [5.74, 6) is 0.0766. The standard InChI is InChI=1S/C17H15BrClN3O4/c1-10-3-6-16(13(18)7-10)26-11(2)17(23)21-20-9-12-4-5-14(19)15(8-12)22(24)25/h3-9,11H,1-2H3,(H,21,23)/b20-9+/t11-/m0/s1. The van der Waals surface area contributed by atoms with E-state index in [-0.39, 0.29) is 10.7 Å². The molecule has 0 aromatic heterocycles. The van der Waals surface area contributed by atoms with Crippen LogP contribution in [0.4, 0.5) is 5.69 Å². The van der Waals surface area contributed by atoms with Gasteiger partial charge in [-0.2, -0.15) is 5.10 Å². The van der Waals surface area contributed by atoms with Crippen LogP contribution in [0.3, 0.4) is 0 Å². The summed E-state index contributed by atoms with van der Waals surface area (Å²) in [6.45, 7) is 3.53. The highest BCUT2D eigenvalue weighted by atomic mass is 79.9. The number of rotatable bonds is 6. The lowest BCUT2D eigenvalue weighted by atomic mass is 10.2. The predicted molar refractivity (Wildman–Crippen MR) is 103 cm³/mol. The maximum Gasteiger partial charge on any atom is 0.288 e. The second-order valence-electron chi connectivity index (χ2n) is 5.40. The lowest BCUT2D eigenvalue weighted by Gasteiger charge is -2.14. The molecule has 1 atom stereocenters. The maximum atomic E-state index is 12.1. The highest BCUT2D eigenvalue weighted by molar-refractivity contribution is 9.10. The quantitative estimate of drug-likeness (QED) is 0.413. The summed E-state index contributed by atoms with van der Waals surface area (Å²) in [5.41, 5.74) is 3.58. The third-order valence-electron chi connectivity index (χ3n) is 3.32. The Bertz CT molecular complexity index is 873. The van der Waals surface area contributed by atoms with E-state index in [0.717, 1.165) is 10.0 Å². The van der Waals surface area contributed by atoms with Crippen LogP contribution in [0.25, 0.3) is 0 Å². The monoisotopic (exact) mass is 439 g/mol. The molecule has 136 valence electrons. The van der Waals surface area contributed by atoms with Gasteiger partial charge in [0.15, 0.2) is 6.10 Å². The molecule has 2 aromatic carbocycles. The minimum Gasteiger partial charge on any atom is -0.480 e. The molecule has 2 aromatic rings. The van der Waals surface area contributed by atoms with Crippen LogP contribution in [0.5, 0.6) is 5.75 Å². The van der Waals surface area contributed by atoms with E-state index in [1.807, 2.05) is 19.1 Å². The van der Waals surface area contributed by atoms with Gasteiger partial charge < -0.3 is 4.74 Å². The number of amides is 1. The summed E-state index contributed by atoms with van der Waals surface area (Å²) in [6, 6.07) is 9.72. The molecule has 0 saturated heterocycles. The molecule has 0 radical (unpaired) electrons. The van der Waals surface area contributed by atoms with Gasteiger partial charge in [-0.3, -0.25) is 14.9 Å². The number of nitro benzene ring substituents is 1. The van der Waals surface area contributed by atoms with Crippen LogP contribution in [-0.2, 0) is 4.79 Å². The normalized spacial score (nSPS) is 12.0. The largest absolute Gasteiger partial charge is 0.480 e. The number of carbonyl (C=O) groups is 1. The van der Waals surface area contributed by atoms with Gasteiger partial charge >= 0.3 is 0 Å². The van der Waals surface area contributed by atoms with E-state index in [1.165, 1.54) is 18.3 Å². The highest BCUT2D eigenvalue weighted by Crippen LogP contribution is 2.27. The Morgan fingerprint density at radius 1 is 1.38 bits per heavy atom. The number of nitrogens with one attached hydrogen (secondary N) is 1. The van der Waals surface area contributed by atoms with Gasteiger partial charge in [0, 0.05) is 11.6 Å². The van der Waals surface area contributed by atoms with Crippen molar-refractivity contribution in [1.29, 1.82) is 0 Å². The first kappa shape index (κ1) is 19.9. The Kier molecular flexibility index (Phi) is 6.70. The molecule has 0 spiro atoms. The number of nitro groups is 1. The maximum absolute atomic E-state index is 12.1. The van der Waals surface area contributed by atoms with Gasteiger partial charge in [0.1, 0.15) is 10.8 Å². The molecule has 7 nitrogen and oxygen atoms in total. The van der Waals surface area contributed by atoms with Crippen LogP contribution in [0.2, 0.25) is 5.02 Å². The Morgan fingerprint density at radius 3 is 2.77 bits per heavy atom. The first-order valence-corrected chi connectivity index (χ1v) is 8.64. The number of hydrogen-bond donors (Lipinski definition) is 1. The fourth-order valence-corrected chi connectivity index (χ4v) is 2.73. The zero-order valence-electron chi connectivity index (χ0n) is 13.9. The van der Waals surface area contributed by atoms with E-state index < -0.39 is 16.9 Å². The van der Waals surface area contributed by atoms with Crippen molar-refractivity contribution < 1.29 is 14.5 Å². The zero-order chi connectivity index (χ0) is 19.3. The van der Waals surface area contributed by atoms with Gasteiger partial charge in [0.25, 0.3) is 11.6 Å². The smallest absolute Gasteiger partial charge is 0.288 e. The van der Waals surface area contributed by atoms with E-state index in [9.17, 15) is 14.9 Å². The number of hydrazone groups is 1. The lowest BCUT2D eigenvalue weighted by molar-refractivity contribution is -0.384. The van der Waals surface area contributed by atoms with E-state index in [0.29, 0.717) is 11.3 Å². The number of hydrogen-bond acceptors (Lipinski definition) is 5. The molecule has 0 unspecified atom stereocenters. The van der Waals surface area contributed by atoms with Gasteiger partial charge in [0.2, 0.25) is 0 Å². The predicted octanol–water partition coefficient (Wildman–Crippen LogP) is 4.24. The number of benzene rings is 2. The molecule has 0 fully saturated rings. The molecule has 26 heavy (non-hydrogen) atoms. The van der Waals surface area contributed by atoms with Gasteiger partial charge in [0.05, 0.1) is 15.6 Å². The molecule has 0 aliphatic heterocycles. The lowest BCUT2D eigenvalue weighted by Crippen LogP contribution is -2.33. The van der Waals surface area contributed by atoms with Crippen molar-refractivity contribution in [3.05, 3.63) is 67.1 Å². The number of aryl methyl sites for hydroxylation is 1. The van der Waals surface area contributed by atoms with Crippen LogP contribution >= 0.6 is 27.5 Å². The van der Waals surface area contributed by atoms with Crippen molar-refractivity contribution in [3.8, 4) is 5.75 Å². The first-order chi connectivity index (χ1) is 12.3. The molecule has 0 aliphatic rings. The number of nitrogens with zero attached hydrogens (tertiary/aromatic N) is 2. The molecule has 1 amide bonds. The van der Waals surface area contributed by atoms with E-state index in [4.69, 9.17) is 16.3 Å². The molecule has 9 heteroatoms. The second kappa shape index (κ2) is 8.77. The van der Waals surface area contributed by atoms with E-state index in [1.54, 1.807) is 19.1 Å². The van der Waals surface area contributed by atoms with Crippen LogP contribution < -0.4 is 10.2 Å². The number of carbonyl (C=O) groups excluding carboxylic acids is 1. The third-order valence-corrected chi connectivity index (χ3v) is 4.25. The summed E-state index contributed by atoms with van der Waals surface area (Å²) >= 11 is 9.12. The van der Waals surface area contributed by atoms with Crippen LogP contribution in [0.1, 0.15) is 18.1 Å². The molecule has 2 rings (SSSR count). The van der Waals surface area contributed by atoms with Crippen molar-refractivity contribution in [2.45, 2.75) is 20.0 Å². The fraction of sp³-hybridized carbons (Fsp3) is 0.176.